The average Bonchev–Trinajstić information content (AvgIpc) is 2.56. The number of hydrogen-bond donors (Lipinski definition) is 1. The van der Waals surface area contributed by atoms with Crippen LogP contribution in [-0.2, 0) is 16.0 Å². The van der Waals surface area contributed by atoms with Crippen LogP contribution in [0.1, 0.15) is 15.9 Å². The van der Waals surface area contributed by atoms with Crippen molar-refractivity contribution in [3.05, 3.63) is 69.2 Å². The zero-order chi connectivity index (χ0) is 16.8. The Kier molecular flexibility index (Phi) is 6.19. The Bertz CT molecular complexity index is 703. The number of benzene rings is 2. The maximum atomic E-state index is 12.3. The maximum absolute atomic E-state index is 12.3. The molecule has 0 aliphatic rings. The lowest BCUT2D eigenvalue weighted by molar-refractivity contribution is -0.142. The summed E-state index contributed by atoms with van der Waals surface area (Å²) in [5, 5.41) is 3.24. The van der Waals surface area contributed by atoms with Gasteiger partial charge in [-0.1, -0.05) is 45.7 Å². The SMILES string of the molecule is COC(=O)[C@H](Cc1ccccc1Br)NC(=O)c1ccc(Cl)cc1. The van der Waals surface area contributed by atoms with Gasteiger partial charge < -0.3 is 10.1 Å². The monoisotopic (exact) mass is 395 g/mol. The highest BCUT2D eigenvalue weighted by Gasteiger charge is 2.23. The second kappa shape index (κ2) is 8.13. The number of amides is 1. The van der Waals surface area contributed by atoms with E-state index in [1.54, 1.807) is 24.3 Å². The van der Waals surface area contributed by atoms with Crippen LogP contribution in [0.4, 0.5) is 0 Å². The van der Waals surface area contributed by atoms with Gasteiger partial charge in [0.15, 0.2) is 0 Å². The molecule has 0 radical (unpaired) electrons. The molecule has 1 N–H and O–H groups in total. The van der Waals surface area contributed by atoms with Crippen molar-refractivity contribution in [1.82, 2.24) is 5.32 Å². The van der Waals surface area contributed by atoms with E-state index in [1.807, 2.05) is 24.3 Å². The van der Waals surface area contributed by atoms with E-state index in [1.165, 1.54) is 7.11 Å². The Morgan fingerprint density at radius 2 is 1.83 bits per heavy atom. The minimum Gasteiger partial charge on any atom is -0.467 e. The molecule has 0 unspecified atom stereocenters. The van der Waals surface area contributed by atoms with Crippen LogP contribution in [0.5, 0.6) is 0 Å². The fourth-order valence-corrected chi connectivity index (χ4v) is 2.63. The summed E-state index contributed by atoms with van der Waals surface area (Å²) in [4.78, 5) is 24.3. The number of rotatable bonds is 5. The Morgan fingerprint density at radius 1 is 1.17 bits per heavy atom. The van der Waals surface area contributed by atoms with Crippen LogP contribution in [0.3, 0.4) is 0 Å². The highest BCUT2D eigenvalue weighted by Crippen LogP contribution is 2.18. The molecule has 0 saturated carbocycles. The molecule has 23 heavy (non-hydrogen) atoms. The topological polar surface area (TPSA) is 55.4 Å². The van der Waals surface area contributed by atoms with Crippen molar-refractivity contribution in [2.45, 2.75) is 12.5 Å². The molecule has 0 spiro atoms. The largest absolute Gasteiger partial charge is 0.467 e. The molecule has 0 fully saturated rings. The molecule has 1 atom stereocenters. The van der Waals surface area contributed by atoms with Crippen LogP contribution in [0.15, 0.2) is 53.0 Å². The van der Waals surface area contributed by atoms with Gasteiger partial charge in [-0.25, -0.2) is 4.79 Å². The van der Waals surface area contributed by atoms with E-state index in [-0.39, 0.29) is 5.91 Å². The predicted molar refractivity (Wildman–Crippen MR) is 92.6 cm³/mol. The molecule has 0 heterocycles. The van der Waals surface area contributed by atoms with Gasteiger partial charge in [-0.05, 0) is 35.9 Å². The number of hydrogen-bond acceptors (Lipinski definition) is 3. The van der Waals surface area contributed by atoms with Crippen molar-refractivity contribution < 1.29 is 14.3 Å². The van der Waals surface area contributed by atoms with Gasteiger partial charge in [0.1, 0.15) is 6.04 Å². The normalized spacial score (nSPS) is 11.6. The minimum atomic E-state index is -0.776. The Hall–Kier alpha value is -1.85. The average molecular weight is 397 g/mol. The number of esters is 1. The van der Waals surface area contributed by atoms with E-state index < -0.39 is 12.0 Å². The number of methoxy groups -OCH3 is 1. The molecular formula is C17H15BrClNO3. The molecule has 6 heteroatoms. The standard InChI is InChI=1S/C17H15BrClNO3/c1-23-17(22)15(10-12-4-2-3-5-14(12)18)20-16(21)11-6-8-13(19)9-7-11/h2-9,15H,10H2,1H3,(H,20,21)/t15-/m0/s1. The Morgan fingerprint density at radius 3 is 2.43 bits per heavy atom. The van der Waals surface area contributed by atoms with E-state index in [2.05, 4.69) is 21.2 Å². The molecule has 0 bridgehead atoms. The third-order valence-electron chi connectivity index (χ3n) is 3.28. The van der Waals surface area contributed by atoms with Gasteiger partial charge in [0.25, 0.3) is 5.91 Å². The minimum absolute atomic E-state index is 0.327. The molecule has 0 saturated heterocycles. The van der Waals surface area contributed by atoms with Gasteiger partial charge in [-0.3, -0.25) is 4.79 Å². The van der Waals surface area contributed by atoms with E-state index in [0.717, 1.165) is 10.0 Å². The van der Waals surface area contributed by atoms with Crippen molar-refractivity contribution in [3.8, 4) is 0 Å². The van der Waals surface area contributed by atoms with Gasteiger partial charge in [-0.2, -0.15) is 0 Å². The fraction of sp³-hybridized carbons (Fsp3) is 0.176. The lowest BCUT2D eigenvalue weighted by Gasteiger charge is -2.17. The van der Waals surface area contributed by atoms with E-state index in [9.17, 15) is 9.59 Å². The Balaban J connectivity index is 2.16. The lowest BCUT2D eigenvalue weighted by Crippen LogP contribution is -2.43. The van der Waals surface area contributed by atoms with Crippen molar-refractivity contribution in [1.29, 1.82) is 0 Å². The van der Waals surface area contributed by atoms with Crippen molar-refractivity contribution in [2.75, 3.05) is 7.11 Å². The second-order valence-electron chi connectivity index (χ2n) is 4.85. The van der Waals surface area contributed by atoms with Gasteiger partial charge >= 0.3 is 5.97 Å². The number of carbonyl (C=O) groups is 2. The predicted octanol–water partition coefficient (Wildman–Crippen LogP) is 3.62. The summed E-state index contributed by atoms with van der Waals surface area (Å²) in [5.41, 5.74) is 1.33. The molecule has 2 rings (SSSR count). The summed E-state index contributed by atoms with van der Waals surface area (Å²) in [6.07, 6.45) is 0.327. The lowest BCUT2D eigenvalue weighted by atomic mass is 10.1. The first-order valence-electron chi connectivity index (χ1n) is 6.89. The molecule has 2 aromatic carbocycles. The maximum Gasteiger partial charge on any atom is 0.328 e. The third kappa shape index (κ3) is 4.81. The van der Waals surface area contributed by atoms with Gasteiger partial charge in [0.2, 0.25) is 0 Å². The van der Waals surface area contributed by atoms with Crippen LogP contribution in [0, 0.1) is 0 Å². The van der Waals surface area contributed by atoms with Crippen molar-refractivity contribution in [3.63, 3.8) is 0 Å². The number of ether oxygens (including phenoxy) is 1. The highest BCUT2D eigenvalue weighted by atomic mass is 79.9. The zero-order valence-electron chi connectivity index (χ0n) is 12.4. The summed E-state index contributed by atoms with van der Waals surface area (Å²) in [6.45, 7) is 0. The highest BCUT2D eigenvalue weighted by molar-refractivity contribution is 9.10. The summed E-state index contributed by atoms with van der Waals surface area (Å²) in [5.74, 6) is -0.854. The van der Waals surface area contributed by atoms with E-state index >= 15 is 0 Å². The quantitative estimate of drug-likeness (QED) is 0.786. The van der Waals surface area contributed by atoms with Crippen LogP contribution in [-0.4, -0.2) is 25.0 Å². The van der Waals surface area contributed by atoms with Gasteiger partial charge in [0.05, 0.1) is 7.11 Å². The summed E-state index contributed by atoms with van der Waals surface area (Å²) >= 11 is 9.24. The third-order valence-corrected chi connectivity index (χ3v) is 4.30. The Labute approximate surface area is 147 Å². The molecule has 120 valence electrons. The molecule has 2 aromatic rings. The first kappa shape index (κ1) is 17.5. The van der Waals surface area contributed by atoms with Crippen LogP contribution < -0.4 is 5.32 Å². The molecule has 0 aliphatic carbocycles. The number of nitrogens with one attached hydrogen (secondary N) is 1. The van der Waals surface area contributed by atoms with Gasteiger partial charge in [-0.15, -0.1) is 0 Å². The smallest absolute Gasteiger partial charge is 0.328 e. The van der Waals surface area contributed by atoms with E-state index in [0.29, 0.717) is 17.0 Å². The van der Waals surface area contributed by atoms with Crippen molar-refractivity contribution in [2.24, 2.45) is 0 Å². The first-order chi connectivity index (χ1) is 11.0. The molecule has 1 amide bonds. The van der Waals surface area contributed by atoms with Crippen LogP contribution in [0.2, 0.25) is 5.02 Å². The summed E-state index contributed by atoms with van der Waals surface area (Å²) in [6, 6.07) is 13.2. The van der Waals surface area contributed by atoms with Crippen LogP contribution >= 0.6 is 27.5 Å². The van der Waals surface area contributed by atoms with Crippen LogP contribution in [0.25, 0.3) is 0 Å². The molecule has 0 aliphatic heterocycles. The number of carbonyl (C=O) groups excluding carboxylic acids is 2. The van der Waals surface area contributed by atoms with Gasteiger partial charge in [0, 0.05) is 21.5 Å². The van der Waals surface area contributed by atoms with Crippen molar-refractivity contribution >= 4 is 39.4 Å². The fourth-order valence-electron chi connectivity index (χ4n) is 2.06. The molecule has 4 nitrogen and oxygen atoms in total. The zero-order valence-corrected chi connectivity index (χ0v) is 14.7. The number of halogens is 2. The summed E-state index contributed by atoms with van der Waals surface area (Å²) < 4.78 is 5.66. The summed E-state index contributed by atoms with van der Waals surface area (Å²) in [7, 11) is 1.30. The molecule has 0 aromatic heterocycles. The first-order valence-corrected chi connectivity index (χ1v) is 8.06. The molecular weight excluding hydrogens is 382 g/mol. The van der Waals surface area contributed by atoms with E-state index in [4.69, 9.17) is 16.3 Å². The second-order valence-corrected chi connectivity index (χ2v) is 6.14.